The second-order valence-corrected chi connectivity index (χ2v) is 12.3. The van der Waals surface area contributed by atoms with Crippen molar-refractivity contribution >= 4 is 28.3 Å². The molecule has 7 heteroatoms. The molecule has 2 aliphatic heterocycles. The molecule has 0 aliphatic carbocycles. The number of piperidine rings is 1. The van der Waals surface area contributed by atoms with Crippen molar-refractivity contribution in [2.24, 2.45) is 5.92 Å². The van der Waals surface area contributed by atoms with Gasteiger partial charge >= 0.3 is 0 Å². The molecule has 0 aromatic heterocycles. The minimum atomic E-state index is -0.0833. The van der Waals surface area contributed by atoms with Crippen LogP contribution in [0.1, 0.15) is 73.7 Å². The molecule has 2 fully saturated rings. The summed E-state index contributed by atoms with van der Waals surface area (Å²) in [5.41, 5.74) is 1.94. The second kappa shape index (κ2) is 14.3. The van der Waals surface area contributed by atoms with Crippen LogP contribution >= 0.6 is 11.6 Å². The Morgan fingerprint density at radius 2 is 1.76 bits per heavy atom. The van der Waals surface area contributed by atoms with E-state index < -0.39 is 0 Å². The summed E-state index contributed by atoms with van der Waals surface area (Å²) in [4.78, 5) is 30.9. The topological polar surface area (TPSA) is 55.7 Å². The van der Waals surface area contributed by atoms with E-state index in [-0.39, 0.29) is 17.9 Å². The van der Waals surface area contributed by atoms with E-state index in [2.05, 4.69) is 46.4 Å². The largest absolute Gasteiger partial charge is 0.352 e. The van der Waals surface area contributed by atoms with Crippen molar-refractivity contribution < 1.29 is 9.66 Å². The molecule has 5 rings (SSSR count). The highest BCUT2D eigenvalue weighted by Crippen LogP contribution is 2.27. The highest BCUT2D eigenvalue weighted by molar-refractivity contribution is 6.31. The number of nitroso groups, excluding NO2 is 1. The van der Waals surface area contributed by atoms with Gasteiger partial charge < -0.3 is 10.2 Å². The summed E-state index contributed by atoms with van der Waals surface area (Å²) in [6.45, 7) is 7.47. The predicted molar refractivity (Wildman–Crippen MR) is 167 cm³/mol. The fourth-order valence-corrected chi connectivity index (χ4v) is 6.68. The maximum absolute atomic E-state index is 13.9. The summed E-state index contributed by atoms with van der Waals surface area (Å²) in [5.74, 6) is 0.499. The first kappa shape index (κ1) is 29.5. The van der Waals surface area contributed by atoms with Crippen molar-refractivity contribution in [2.45, 2.75) is 63.8 Å². The maximum atomic E-state index is 13.9. The van der Waals surface area contributed by atoms with Crippen molar-refractivity contribution in [1.29, 1.82) is 0 Å². The number of hydrazine groups is 1. The number of carbonyl (C=O) groups excluding carboxylic acids is 1. The molecule has 0 bridgehead atoms. The van der Waals surface area contributed by atoms with E-state index in [0.717, 1.165) is 62.6 Å². The molecular weight excluding hydrogens is 532 g/mol. The van der Waals surface area contributed by atoms with Crippen LogP contribution in [0.4, 0.5) is 0 Å². The molecular formula is C34H44ClN4O2+. The molecule has 0 unspecified atom stereocenters. The number of amides is 1. The van der Waals surface area contributed by atoms with E-state index in [1.165, 1.54) is 29.7 Å². The van der Waals surface area contributed by atoms with E-state index in [1.807, 2.05) is 42.5 Å². The lowest BCUT2D eigenvalue weighted by atomic mass is 9.95. The van der Waals surface area contributed by atoms with Gasteiger partial charge in [-0.1, -0.05) is 67.4 Å². The van der Waals surface area contributed by atoms with E-state index in [9.17, 15) is 9.70 Å². The average Bonchev–Trinajstić information content (AvgIpc) is 3.16. The van der Waals surface area contributed by atoms with Gasteiger partial charge in [-0.15, -0.1) is 5.01 Å². The number of fused-ring (bicyclic) bond motifs is 1. The fourth-order valence-electron chi connectivity index (χ4n) is 6.50. The van der Waals surface area contributed by atoms with Crippen LogP contribution in [-0.2, 0) is 0 Å². The van der Waals surface area contributed by atoms with Crippen LogP contribution in [-0.4, -0.2) is 66.0 Å². The maximum Gasteiger partial charge on any atom is 0.251 e. The third-order valence-electron chi connectivity index (χ3n) is 9.03. The van der Waals surface area contributed by atoms with Gasteiger partial charge in [-0.25, -0.2) is 0 Å². The van der Waals surface area contributed by atoms with E-state index in [0.29, 0.717) is 29.6 Å². The Balaban J connectivity index is 1.26. The molecule has 3 aromatic rings. The molecule has 0 spiro atoms. The minimum absolute atomic E-state index is 0.0677. The monoisotopic (exact) mass is 575 g/mol. The Labute approximate surface area is 249 Å². The van der Waals surface area contributed by atoms with E-state index >= 15 is 0 Å². The number of nitrogens with zero attached hydrogens (tertiary/aromatic N) is 3. The Bertz CT molecular complexity index is 1310. The lowest BCUT2D eigenvalue weighted by Crippen LogP contribution is -2.43. The van der Waals surface area contributed by atoms with E-state index in [1.54, 1.807) is 0 Å². The first-order chi connectivity index (χ1) is 20.0. The molecule has 2 saturated heterocycles. The molecule has 218 valence electrons. The lowest BCUT2D eigenvalue weighted by molar-refractivity contribution is -0.734. The molecule has 6 nitrogen and oxygen atoms in total. The van der Waals surface area contributed by atoms with Gasteiger partial charge in [0, 0.05) is 42.4 Å². The molecule has 0 radical (unpaired) electrons. The highest BCUT2D eigenvalue weighted by Gasteiger charge is 2.39. The normalized spacial score (nSPS) is 21.0. The molecule has 41 heavy (non-hydrogen) atoms. The number of hydrogen-bond acceptors (Lipinski definition) is 3. The van der Waals surface area contributed by atoms with Crippen LogP contribution in [0, 0.1) is 10.8 Å². The Hall–Kier alpha value is -2.96. The van der Waals surface area contributed by atoms with Crippen LogP contribution in [0.25, 0.3) is 10.8 Å². The number of hydrogen-bond donors (Lipinski definition) is 1. The van der Waals surface area contributed by atoms with Crippen molar-refractivity contribution in [3.8, 4) is 0 Å². The number of rotatable bonds is 10. The summed E-state index contributed by atoms with van der Waals surface area (Å²) in [5, 5.41) is 7.95. The van der Waals surface area contributed by atoms with Crippen molar-refractivity contribution in [2.75, 3.05) is 39.3 Å². The summed E-state index contributed by atoms with van der Waals surface area (Å²) < 4.78 is 0. The second-order valence-electron chi connectivity index (χ2n) is 11.9. The summed E-state index contributed by atoms with van der Waals surface area (Å²) >= 11 is 6.12. The average molecular weight is 576 g/mol. The number of halogens is 1. The van der Waals surface area contributed by atoms with Gasteiger partial charge in [-0.3, -0.25) is 4.79 Å². The van der Waals surface area contributed by atoms with Gasteiger partial charge in [-0.2, -0.15) is 0 Å². The molecule has 2 aliphatic rings. The van der Waals surface area contributed by atoms with Gasteiger partial charge in [0.2, 0.25) is 6.04 Å². The number of likely N-dealkylation sites (tertiary alicyclic amines) is 1. The number of benzene rings is 3. The van der Waals surface area contributed by atoms with Crippen molar-refractivity contribution in [3.63, 3.8) is 0 Å². The highest BCUT2D eigenvalue weighted by atomic mass is 35.5. The molecule has 1 amide bonds. The first-order valence-electron chi connectivity index (χ1n) is 15.5. The van der Waals surface area contributed by atoms with Gasteiger partial charge in [0.25, 0.3) is 5.91 Å². The molecule has 1 N–H and O–H groups in total. The zero-order valence-electron chi connectivity index (χ0n) is 24.3. The summed E-state index contributed by atoms with van der Waals surface area (Å²) in [7, 11) is 0. The Kier molecular flexibility index (Phi) is 10.3. The first-order valence-corrected chi connectivity index (χ1v) is 15.8. The zero-order valence-corrected chi connectivity index (χ0v) is 25.1. The quantitative estimate of drug-likeness (QED) is 0.263. The minimum Gasteiger partial charge on any atom is -0.352 e. The van der Waals surface area contributed by atoms with Gasteiger partial charge in [-0.05, 0) is 85.3 Å². The van der Waals surface area contributed by atoms with Crippen LogP contribution in [0.3, 0.4) is 0 Å². The lowest BCUT2D eigenvalue weighted by Gasteiger charge is -2.27. The number of carbonyl (C=O) groups is 1. The Morgan fingerprint density at radius 3 is 2.54 bits per heavy atom. The zero-order chi connectivity index (χ0) is 28.6. The molecule has 2 heterocycles. The standard InChI is InChI=1S/C34H43ClN4O2/c1-2-27(28-9-5-3-6-10-28)25-38-20-15-26(21-33(39(38)41)16-19-37-17-7-4-8-18-37)24-36-34(40)31-12-11-30-23-32(35)14-13-29(30)22-31/h3,5-6,9-14,22-23,26-27,33H,2,4,7-8,15-21,24-25H2,1H3/p+1/t26-,27-,33-/m1/s1. The van der Waals surface area contributed by atoms with E-state index in [4.69, 9.17) is 11.6 Å². The Morgan fingerprint density at radius 1 is 1.00 bits per heavy atom. The SMILES string of the molecule is CC[C@H](CN1CC[C@@H](CNC(=O)c2ccc3cc(Cl)ccc3c2)C[C@@H](CCN2CCCCC2)[N+]1=O)c1ccccc1. The molecule has 0 saturated carbocycles. The third kappa shape index (κ3) is 7.87. The van der Waals surface area contributed by atoms with Crippen LogP contribution in [0.5, 0.6) is 0 Å². The smallest absolute Gasteiger partial charge is 0.251 e. The van der Waals surface area contributed by atoms with Crippen LogP contribution in [0.2, 0.25) is 5.02 Å². The molecule has 3 aromatic carbocycles. The van der Waals surface area contributed by atoms with Crippen LogP contribution < -0.4 is 5.32 Å². The summed E-state index contributed by atoms with van der Waals surface area (Å²) in [6, 6.07) is 21.9. The van der Waals surface area contributed by atoms with Crippen molar-refractivity contribution in [3.05, 3.63) is 87.8 Å². The van der Waals surface area contributed by atoms with Crippen LogP contribution in [0.15, 0.2) is 66.7 Å². The predicted octanol–water partition coefficient (Wildman–Crippen LogP) is 7.07. The third-order valence-corrected chi connectivity index (χ3v) is 9.27. The van der Waals surface area contributed by atoms with Crippen molar-refractivity contribution in [1.82, 2.24) is 15.2 Å². The summed E-state index contributed by atoms with van der Waals surface area (Å²) in [6.07, 6.45) is 7.36. The molecule has 3 atom stereocenters. The van der Waals surface area contributed by atoms with Gasteiger partial charge in [0.1, 0.15) is 4.87 Å². The van der Waals surface area contributed by atoms with Gasteiger partial charge in [0.05, 0.1) is 18.0 Å². The fraction of sp³-hybridized carbons (Fsp3) is 0.500. The number of nitrogens with one attached hydrogen (secondary N) is 1. The van der Waals surface area contributed by atoms with Gasteiger partial charge in [0.15, 0.2) is 0 Å².